The Morgan fingerprint density at radius 3 is 2.67 bits per heavy atom. The smallest absolute Gasteiger partial charge is 0.270 e. The van der Waals surface area contributed by atoms with Crippen molar-refractivity contribution in [3.05, 3.63) is 72.2 Å². The average Bonchev–Trinajstić information content (AvgIpc) is 2.72. The van der Waals surface area contributed by atoms with E-state index in [0.717, 1.165) is 35.0 Å². The summed E-state index contributed by atoms with van der Waals surface area (Å²) in [6.07, 6.45) is 7.03. The molecule has 0 radical (unpaired) electrons. The molecule has 134 valence electrons. The number of nitrogens with zero attached hydrogens (tertiary/aromatic N) is 2. The van der Waals surface area contributed by atoms with Crippen LogP contribution in [0.3, 0.4) is 0 Å². The Balaban J connectivity index is 1.67. The first kappa shape index (κ1) is 16.9. The number of fused-ring (bicyclic) bond motifs is 1. The number of pyridine rings is 2. The lowest BCUT2D eigenvalue weighted by Crippen LogP contribution is -2.37. The third-order valence-electron chi connectivity index (χ3n) is 4.48. The standard InChI is InChI=1S/C21H18N4O2/c26-16-5-3-4-15(12-16)24-25-21(27)18-13-20(14-8-10-22-11-9-14)23-19-7-2-1-6-17(18)19/h1-2,6-13,24H,3-5H2,(H,25,27). The number of hydrazine groups is 1. The van der Waals surface area contributed by atoms with E-state index >= 15 is 0 Å². The summed E-state index contributed by atoms with van der Waals surface area (Å²) in [5, 5.41) is 0.767. The Kier molecular flexibility index (Phi) is 4.61. The van der Waals surface area contributed by atoms with Gasteiger partial charge < -0.3 is 5.43 Å². The van der Waals surface area contributed by atoms with Gasteiger partial charge in [-0.2, -0.15) is 0 Å². The lowest BCUT2D eigenvalue weighted by atomic mass is 10.0. The number of nitrogens with one attached hydrogen (secondary N) is 2. The minimum atomic E-state index is -0.275. The Morgan fingerprint density at radius 1 is 1.04 bits per heavy atom. The second-order valence-electron chi connectivity index (χ2n) is 6.38. The number of para-hydroxylation sites is 1. The van der Waals surface area contributed by atoms with Gasteiger partial charge in [-0.05, 0) is 37.1 Å². The number of carbonyl (C=O) groups is 2. The van der Waals surface area contributed by atoms with Gasteiger partial charge in [0, 0.05) is 41.5 Å². The molecule has 1 aromatic carbocycles. The molecular weight excluding hydrogens is 340 g/mol. The lowest BCUT2D eigenvalue weighted by molar-refractivity contribution is -0.115. The monoisotopic (exact) mass is 358 g/mol. The van der Waals surface area contributed by atoms with Gasteiger partial charge in [-0.3, -0.25) is 20.0 Å². The molecule has 0 saturated heterocycles. The number of amides is 1. The molecular formula is C21H18N4O2. The van der Waals surface area contributed by atoms with Gasteiger partial charge in [0.15, 0.2) is 5.78 Å². The Hall–Kier alpha value is -3.54. The Labute approximate surface area is 156 Å². The first-order chi connectivity index (χ1) is 13.2. The fraction of sp³-hybridized carbons (Fsp3) is 0.143. The number of aromatic nitrogens is 2. The van der Waals surface area contributed by atoms with E-state index in [1.54, 1.807) is 24.5 Å². The van der Waals surface area contributed by atoms with Crippen LogP contribution in [0.15, 0.2) is 66.6 Å². The number of benzene rings is 1. The lowest BCUT2D eigenvalue weighted by Gasteiger charge is -2.16. The largest absolute Gasteiger partial charge is 0.302 e. The van der Waals surface area contributed by atoms with Crippen LogP contribution in [0, 0.1) is 0 Å². The first-order valence-corrected chi connectivity index (χ1v) is 8.81. The molecule has 0 fully saturated rings. The zero-order chi connectivity index (χ0) is 18.6. The van der Waals surface area contributed by atoms with Crippen LogP contribution in [-0.2, 0) is 4.79 Å². The van der Waals surface area contributed by atoms with Crippen LogP contribution < -0.4 is 10.9 Å². The van der Waals surface area contributed by atoms with Gasteiger partial charge in [-0.25, -0.2) is 4.98 Å². The number of allylic oxidation sites excluding steroid dienone is 2. The minimum Gasteiger partial charge on any atom is -0.302 e. The van der Waals surface area contributed by atoms with Crippen LogP contribution in [0.25, 0.3) is 22.2 Å². The number of rotatable bonds is 4. The fourth-order valence-electron chi connectivity index (χ4n) is 3.13. The third-order valence-corrected chi connectivity index (χ3v) is 4.48. The van der Waals surface area contributed by atoms with Crippen LogP contribution in [-0.4, -0.2) is 21.7 Å². The number of ketones is 1. The highest BCUT2D eigenvalue weighted by Crippen LogP contribution is 2.24. The molecule has 2 aromatic heterocycles. The van der Waals surface area contributed by atoms with Crippen molar-refractivity contribution in [1.82, 2.24) is 20.8 Å². The SMILES string of the molecule is O=C1C=C(NNC(=O)c2cc(-c3ccncc3)nc3ccccc23)CCC1. The van der Waals surface area contributed by atoms with Crippen molar-refractivity contribution in [3.63, 3.8) is 0 Å². The van der Waals surface area contributed by atoms with Gasteiger partial charge in [0.2, 0.25) is 0 Å². The maximum absolute atomic E-state index is 12.8. The van der Waals surface area contributed by atoms with Gasteiger partial charge in [0.05, 0.1) is 16.8 Å². The molecule has 6 heteroatoms. The van der Waals surface area contributed by atoms with Crippen molar-refractivity contribution in [1.29, 1.82) is 0 Å². The highest BCUT2D eigenvalue weighted by molar-refractivity contribution is 6.07. The maximum atomic E-state index is 12.8. The maximum Gasteiger partial charge on any atom is 0.270 e. The Morgan fingerprint density at radius 2 is 1.85 bits per heavy atom. The molecule has 1 aliphatic rings. The first-order valence-electron chi connectivity index (χ1n) is 8.81. The van der Waals surface area contributed by atoms with Gasteiger partial charge in [0.25, 0.3) is 5.91 Å². The van der Waals surface area contributed by atoms with E-state index < -0.39 is 0 Å². The molecule has 0 saturated carbocycles. The predicted molar refractivity (Wildman–Crippen MR) is 103 cm³/mol. The summed E-state index contributed by atoms with van der Waals surface area (Å²) in [6.45, 7) is 0. The van der Waals surface area contributed by atoms with Crippen molar-refractivity contribution in [2.45, 2.75) is 19.3 Å². The molecule has 1 aliphatic carbocycles. The Bertz CT molecular complexity index is 1040. The summed E-state index contributed by atoms with van der Waals surface area (Å²) in [7, 11) is 0. The molecule has 27 heavy (non-hydrogen) atoms. The molecule has 0 aliphatic heterocycles. The van der Waals surface area contributed by atoms with E-state index in [1.807, 2.05) is 36.4 Å². The zero-order valence-electron chi connectivity index (χ0n) is 14.6. The van der Waals surface area contributed by atoms with Crippen molar-refractivity contribution >= 4 is 22.6 Å². The summed E-state index contributed by atoms with van der Waals surface area (Å²) in [5.41, 5.74) is 9.17. The van der Waals surface area contributed by atoms with Gasteiger partial charge in [-0.1, -0.05) is 18.2 Å². The van der Waals surface area contributed by atoms with Crippen LogP contribution in [0.5, 0.6) is 0 Å². The van der Waals surface area contributed by atoms with E-state index in [9.17, 15) is 9.59 Å². The number of hydrogen-bond acceptors (Lipinski definition) is 5. The van der Waals surface area contributed by atoms with Crippen LogP contribution >= 0.6 is 0 Å². The highest BCUT2D eigenvalue weighted by atomic mass is 16.2. The van der Waals surface area contributed by atoms with E-state index in [-0.39, 0.29) is 11.7 Å². The van der Waals surface area contributed by atoms with Crippen LogP contribution in [0.4, 0.5) is 0 Å². The van der Waals surface area contributed by atoms with Crippen LogP contribution in [0.2, 0.25) is 0 Å². The summed E-state index contributed by atoms with van der Waals surface area (Å²) in [6, 6.07) is 13.0. The normalized spacial score (nSPS) is 13.9. The molecule has 4 rings (SSSR count). The van der Waals surface area contributed by atoms with Crippen molar-refractivity contribution < 1.29 is 9.59 Å². The average molecular weight is 358 g/mol. The molecule has 1 amide bonds. The fourth-order valence-corrected chi connectivity index (χ4v) is 3.13. The molecule has 0 unspecified atom stereocenters. The predicted octanol–water partition coefficient (Wildman–Crippen LogP) is 3.17. The second kappa shape index (κ2) is 7.37. The summed E-state index contributed by atoms with van der Waals surface area (Å²) in [4.78, 5) is 33.1. The highest BCUT2D eigenvalue weighted by Gasteiger charge is 2.15. The molecule has 0 spiro atoms. The van der Waals surface area contributed by atoms with E-state index in [1.165, 1.54) is 0 Å². The van der Waals surface area contributed by atoms with Gasteiger partial charge >= 0.3 is 0 Å². The third kappa shape index (κ3) is 3.69. The van der Waals surface area contributed by atoms with E-state index in [4.69, 9.17) is 0 Å². The summed E-state index contributed by atoms with van der Waals surface area (Å²) >= 11 is 0. The molecule has 0 atom stereocenters. The summed E-state index contributed by atoms with van der Waals surface area (Å²) in [5.74, 6) is -0.199. The van der Waals surface area contributed by atoms with Crippen molar-refractivity contribution in [3.8, 4) is 11.3 Å². The summed E-state index contributed by atoms with van der Waals surface area (Å²) < 4.78 is 0. The quantitative estimate of drug-likeness (QED) is 0.700. The zero-order valence-corrected chi connectivity index (χ0v) is 14.6. The van der Waals surface area contributed by atoms with Crippen molar-refractivity contribution in [2.75, 3.05) is 0 Å². The molecule has 0 bridgehead atoms. The minimum absolute atomic E-state index is 0.0762. The molecule has 2 N–H and O–H groups in total. The molecule has 6 nitrogen and oxygen atoms in total. The van der Waals surface area contributed by atoms with E-state index in [0.29, 0.717) is 17.7 Å². The van der Waals surface area contributed by atoms with Gasteiger partial charge in [-0.15, -0.1) is 0 Å². The van der Waals surface area contributed by atoms with Crippen molar-refractivity contribution in [2.24, 2.45) is 0 Å². The van der Waals surface area contributed by atoms with E-state index in [2.05, 4.69) is 20.8 Å². The molecule has 3 aromatic rings. The van der Waals surface area contributed by atoms with Gasteiger partial charge in [0.1, 0.15) is 0 Å². The molecule has 2 heterocycles. The number of carbonyl (C=O) groups excluding carboxylic acids is 2. The topological polar surface area (TPSA) is 84.0 Å². The number of hydrogen-bond donors (Lipinski definition) is 2. The van der Waals surface area contributed by atoms with Crippen LogP contribution in [0.1, 0.15) is 29.6 Å². The second-order valence-corrected chi connectivity index (χ2v) is 6.38.